The maximum absolute atomic E-state index is 12.1. The van der Waals surface area contributed by atoms with E-state index in [2.05, 4.69) is 11.1 Å². The molecule has 0 aliphatic rings. The number of aryl methyl sites for hydroxylation is 2. The van der Waals surface area contributed by atoms with Gasteiger partial charge in [0.2, 0.25) is 0 Å². The van der Waals surface area contributed by atoms with Gasteiger partial charge in [-0.3, -0.25) is 4.98 Å². The summed E-state index contributed by atoms with van der Waals surface area (Å²) in [5, 5.41) is 10.7. The molecular weight excluding hydrogens is 382 g/mol. The standard InChI is InChI=1S/C20H20ClN3O2S/c1-13(2)27(25,26)7-6-14-8-15(12-23-11-14)20-18(10-22)17-5-4-16(21)9-19(17)24(20)3/h4-5,8-9,11-13H,6-7H2,1-3H3. The fourth-order valence-corrected chi connectivity index (χ4v) is 4.27. The molecule has 0 unspecified atom stereocenters. The zero-order valence-electron chi connectivity index (χ0n) is 15.4. The van der Waals surface area contributed by atoms with Crippen molar-refractivity contribution in [1.82, 2.24) is 9.55 Å². The SMILES string of the molecule is CC(C)S(=O)(=O)CCc1cncc(-c2c(C#N)c3ccc(Cl)cc3n2C)c1. The number of pyridine rings is 1. The van der Waals surface area contributed by atoms with Crippen molar-refractivity contribution in [3.8, 4) is 17.3 Å². The minimum atomic E-state index is -3.12. The molecule has 27 heavy (non-hydrogen) atoms. The van der Waals surface area contributed by atoms with Crippen molar-refractivity contribution in [3.63, 3.8) is 0 Å². The highest BCUT2D eigenvalue weighted by atomic mass is 35.5. The van der Waals surface area contributed by atoms with Crippen molar-refractivity contribution < 1.29 is 8.42 Å². The fourth-order valence-electron chi connectivity index (χ4n) is 3.11. The second-order valence-electron chi connectivity index (χ2n) is 6.80. The lowest BCUT2D eigenvalue weighted by molar-refractivity contribution is 0.586. The minimum absolute atomic E-state index is 0.0750. The minimum Gasteiger partial charge on any atom is -0.342 e. The van der Waals surface area contributed by atoms with Crippen molar-refractivity contribution in [2.45, 2.75) is 25.5 Å². The Hall–Kier alpha value is -2.36. The molecule has 0 saturated heterocycles. The summed E-state index contributed by atoms with van der Waals surface area (Å²) in [6, 6.07) is 9.61. The third-order valence-corrected chi connectivity index (χ3v) is 7.18. The van der Waals surface area contributed by atoms with E-state index >= 15 is 0 Å². The molecular formula is C20H20ClN3O2S. The van der Waals surface area contributed by atoms with E-state index in [1.165, 1.54) is 0 Å². The predicted molar refractivity (Wildman–Crippen MR) is 109 cm³/mol. The Balaban J connectivity index is 2.06. The first-order valence-electron chi connectivity index (χ1n) is 8.58. The maximum atomic E-state index is 12.1. The maximum Gasteiger partial charge on any atom is 0.152 e. The summed E-state index contributed by atoms with van der Waals surface area (Å²) in [7, 11) is -1.24. The molecule has 0 spiro atoms. The summed E-state index contributed by atoms with van der Waals surface area (Å²) in [5.74, 6) is 0.0750. The molecule has 0 atom stereocenters. The van der Waals surface area contributed by atoms with Crippen LogP contribution in [0.4, 0.5) is 0 Å². The molecule has 0 N–H and O–H groups in total. The van der Waals surface area contributed by atoms with Gasteiger partial charge in [-0.25, -0.2) is 8.42 Å². The number of nitrogens with zero attached hydrogens (tertiary/aromatic N) is 3. The number of benzene rings is 1. The first kappa shape index (κ1) is 19.4. The van der Waals surface area contributed by atoms with Crippen LogP contribution in [-0.2, 0) is 23.3 Å². The van der Waals surface area contributed by atoms with Crippen LogP contribution in [0.5, 0.6) is 0 Å². The number of nitriles is 1. The van der Waals surface area contributed by atoms with Crippen LogP contribution in [0.25, 0.3) is 22.2 Å². The number of fused-ring (bicyclic) bond motifs is 1. The summed E-state index contributed by atoms with van der Waals surface area (Å²) >= 11 is 6.11. The van der Waals surface area contributed by atoms with Crippen molar-refractivity contribution in [3.05, 3.63) is 52.8 Å². The number of hydrogen-bond acceptors (Lipinski definition) is 4. The van der Waals surface area contributed by atoms with Gasteiger partial charge in [-0.15, -0.1) is 0 Å². The van der Waals surface area contributed by atoms with E-state index < -0.39 is 15.1 Å². The lowest BCUT2D eigenvalue weighted by atomic mass is 10.1. The molecule has 2 aromatic heterocycles. The molecule has 0 amide bonds. The van der Waals surface area contributed by atoms with Crippen LogP contribution < -0.4 is 0 Å². The van der Waals surface area contributed by atoms with Gasteiger partial charge >= 0.3 is 0 Å². The molecule has 0 radical (unpaired) electrons. The van der Waals surface area contributed by atoms with E-state index in [0.29, 0.717) is 17.0 Å². The third-order valence-electron chi connectivity index (χ3n) is 4.74. The Morgan fingerprint density at radius 3 is 2.67 bits per heavy atom. The number of halogens is 1. The van der Waals surface area contributed by atoms with Gasteiger partial charge in [0.15, 0.2) is 9.84 Å². The normalized spacial score (nSPS) is 11.9. The smallest absolute Gasteiger partial charge is 0.152 e. The van der Waals surface area contributed by atoms with E-state index in [4.69, 9.17) is 11.6 Å². The van der Waals surface area contributed by atoms with Gasteiger partial charge in [0, 0.05) is 35.4 Å². The summed E-state index contributed by atoms with van der Waals surface area (Å²) < 4.78 is 26.1. The second-order valence-corrected chi connectivity index (χ2v) is 9.92. The average molecular weight is 402 g/mol. The van der Waals surface area contributed by atoms with E-state index in [0.717, 1.165) is 27.7 Å². The van der Waals surface area contributed by atoms with Crippen LogP contribution in [0.3, 0.4) is 0 Å². The lowest BCUT2D eigenvalue weighted by Crippen LogP contribution is -2.19. The molecule has 1 aromatic carbocycles. The summed E-state index contributed by atoms with van der Waals surface area (Å²) in [6.07, 6.45) is 3.75. The summed E-state index contributed by atoms with van der Waals surface area (Å²) in [6.45, 7) is 3.37. The molecule has 0 aliphatic carbocycles. The number of aromatic nitrogens is 2. The van der Waals surface area contributed by atoms with E-state index in [9.17, 15) is 13.7 Å². The van der Waals surface area contributed by atoms with Crippen LogP contribution in [0.1, 0.15) is 25.0 Å². The summed E-state index contributed by atoms with van der Waals surface area (Å²) in [5.41, 5.74) is 3.76. The molecule has 0 bridgehead atoms. The van der Waals surface area contributed by atoms with Crippen molar-refractivity contribution in [2.75, 3.05) is 5.75 Å². The van der Waals surface area contributed by atoms with Crippen molar-refractivity contribution >= 4 is 32.3 Å². The average Bonchev–Trinajstić information content (AvgIpc) is 2.91. The van der Waals surface area contributed by atoms with Crippen LogP contribution in [-0.4, -0.2) is 29.0 Å². The summed E-state index contributed by atoms with van der Waals surface area (Å²) in [4.78, 5) is 4.27. The molecule has 0 saturated carbocycles. The van der Waals surface area contributed by atoms with E-state index in [-0.39, 0.29) is 5.75 Å². The molecule has 3 aromatic rings. The Morgan fingerprint density at radius 1 is 1.26 bits per heavy atom. The van der Waals surface area contributed by atoms with Gasteiger partial charge in [0.1, 0.15) is 6.07 Å². The monoisotopic (exact) mass is 401 g/mol. The first-order chi connectivity index (χ1) is 12.7. The van der Waals surface area contributed by atoms with Crippen LogP contribution >= 0.6 is 11.6 Å². The Kier molecular flexibility index (Phi) is 5.27. The highest BCUT2D eigenvalue weighted by Crippen LogP contribution is 2.33. The Morgan fingerprint density at radius 2 is 2.00 bits per heavy atom. The Bertz CT molecular complexity index is 1160. The zero-order chi connectivity index (χ0) is 19.8. The molecule has 3 rings (SSSR count). The molecule has 140 valence electrons. The van der Waals surface area contributed by atoms with Crippen LogP contribution in [0.2, 0.25) is 5.02 Å². The molecule has 0 fully saturated rings. The number of sulfone groups is 1. The van der Waals surface area contributed by atoms with Gasteiger partial charge in [0.25, 0.3) is 0 Å². The molecule has 5 nitrogen and oxygen atoms in total. The van der Waals surface area contributed by atoms with Crippen LogP contribution in [0.15, 0.2) is 36.7 Å². The van der Waals surface area contributed by atoms with Crippen molar-refractivity contribution in [1.29, 1.82) is 5.26 Å². The van der Waals surface area contributed by atoms with Gasteiger partial charge in [0.05, 0.1) is 27.8 Å². The van der Waals surface area contributed by atoms with Crippen LogP contribution in [0, 0.1) is 11.3 Å². The lowest BCUT2D eigenvalue weighted by Gasteiger charge is -2.09. The quantitative estimate of drug-likeness (QED) is 0.644. The topological polar surface area (TPSA) is 75.8 Å². The second kappa shape index (κ2) is 7.34. The van der Waals surface area contributed by atoms with E-state index in [1.807, 2.05) is 29.8 Å². The van der Waals surface area contributed by atoms with Gasteiger partial charge in [-0.1, -0.05) is 11.6 Å². The highest BCUT2D eigenvalue weighted by Gasteiger charge is 2.19. The van der Waals surface area contributed by atoms with E-state index in [1.54, 1.807) is 32.3 Å². The zero-order valence-corrected chi connectivity index (χ0v) is 17.0. The van der Waals surface area contributed by atoms with Gasteiger partial charge in [-0.2, -0.15) is 5.26 Å². The molecule has 2 heterocycles. The predicted octanol–water partition coefficient (Wildman–Crippen LogP) is 4.13. The van der Waals surface area contributed by atoms with Crippen molar-refractivity contribution in [2.24, 2.45) is 7.05 Å². The highest BCUT2D eigenvalue weighted by molar-refractivity contribution is 7.91. The largest absolute Gasteiger partial charge is 0.342 e. The Labute approximate surface area is 164 Å². The first-order valence-corrected chi connectivity index (χ1v) is 10.7. The van der Waals surface area contributed by atoms with Gasteiger partial charge < -0.3 is 4.57 Å². The fraction of sp³-hybridized carbons (Fsp3) is 0.300. The van der Waals surface area contributed by atoms with Gasteiger partial charge in [-0.05, 0) is 50.1 Å². The third kappa shape index (κ3) is 3.71. The molecule has 0 aliphatic heterocycles. The molecule has 7 heteroatoms. The number of rotatable bonds is 5. The number of hydrogen-bond donors (Lipinski definition) is 0.